The molecule has 0 aliphatic heterocycles. The van der Waals surface area contributed by atoms with Gasteiger partial charge in [-0.05, 0) is 334 Å². The van der Waals surface area contributed by atoms with E-state index in [9.17, 15) is 0 Å². The molecule has 0 radical (unpaired) electrons. The molecule has 6 nitrogen and oxygen atoms in total. The van der Waals surface area contributed by atoms with Crippen molar-refractivity contribution >= 4 is 169 Å². The fraction of sp³-hybridized carbons (Fsp3) is 0.0638. The fourth-order valence-electron chi connectivity index (χ4n) is 23.4. The number of anilines is 18. The summed E-state index contributed by atoms with van der Waals surface area (Å²) in [6, 6.07) is 193. The maximum Gasteiger partial charge on any atom is 0.0508 e. The highest BCUT2D eigenvalue weighted by molar-refractivity contribution is 6.32. The minimum absolute atomic E-state index is 0.0705. The molecule has 26 rings (SSSR count). The summed E-state index contributed by atoms with van der Waals surface area (Å²) < 4.78 is 0. The van der Waals surface area contributed by atoms with E-state index in [1.807, 2.05) is 42.5 Å². The van der Waals surface area contributed by atoms with Gasteiger partial charge in [0.15, 0.2) is 0 Å². The number of benzene rings is 23. The normalized spacial score (nSPS) is 12.7. The van der Waals surface area contributed by atoms with Crippen molar-refractivity contribution in [1.29, 1.82) is 0 Å². The summed E-state index contributed by atoms with van der Waals surface area (Å²) in [6.07, 6.45) is 0. The van der Waals surface area contributed by atoms with Crippen molar-refractivity contribution in [3.8, 4) is 55.6 Å². The highest BCUT2D eigenvalue weighted by Gasteiger charge is 2.42. The molecule has 0 spiro atoms. The summed E-state index contributed by atoms with van der Waals surface area (Å²) in [6.45, 7) is 14.0. The Morgan fingerprint density at radius 2 is 0.400 bits per heavy atom. The van der Waals surface area contributed by atoms with Crippen LogP contribution in [0, 0.1) is 0 Å². The highest BCUT2D eigenvalue weighted by atomic mass is 35.5. The number of rotatable bonds is 20. The minimum atomic E-state index is -0.178. The zero-order valence-electron chi connectivity index (χ0n) is 84.2. The molecule has 3 aliphatic rings. The average Bonchev–Trinajstić information content (AvgIpc) is 1.57. The number of halogens is 3. The lowest BCUT2D eigenvalue weighted by Crippen LogP contribution is -2.21. The van der Waals surface area contributed by atoms with Crippen LogP contribution in [0.15, 0.2) is 540 Å². The van der Waals surface area contributed by atoms with E-state index >= 15 is 0 Å². The Morgan fingerprint density at radius 3 is 0.860 bits per heavy atom. The van der Waals surface area contributed by atoms with Crippen LogP contribution < -0.4 is 29.4 Å². The van der Waals surface area contributed by atoms with Gasteiger partial charge in [0.2, 0.25) is 0 Å². The van der Waals surface area contributed by atoms with Gasteiger partial charge in [0.05, 0.1) is 5.69 Å². The predicted molar refractivity (Wildman–Crippen MR) is 639 cm³/mol. The van der Waals surface area contributed by atoms with Gasteiger partial charge in [0.25, 0.3) is 0 Å². The smallest absolute Gasteiger partial charge is 0.0508 e. The van der Waals surface area contributed by atoms with Crippen LogP contribution in [-0.4, -0.2) is 0 Å². The van der Waals surface area contributed by atoms with E-state index in [2.05, 4.69) is 568 Å². The second-order valence-corrected chi connectivity index (χ2v) is 41.6. The number of hydrogen-bond acceptors (Lipinski definition) is 6. The molecule has 0 bridgehead atoms. The van der Waals surface area contributed by atoms with Crippen LogP contribution in [0.4, 0.5) is 102 Å². The molecule has 23 aromatic carbocycles. The molecule has 722 valence electrons. The first-order valence-electron chi connectivity index (χ1n) is 51.3. The Morgan fingerprint density at radius 1 is 0.140 bits per heavy atom. The molecule has 0 amide bonds. The number of hydrogen-bond donors (Lipinski definition) is 0. The average molecular weight is 1990 g/mol. The first-order chi connectivity index (χ1) is 73.4. The second-order valence-electron chi connectivity index (χ2n) is 40.3. The van der Waals surface area contributed by atoms with Crippen LogP contribution in [0.25, 0.3) is 88.0 Å². The van der Waals surface area contributed by atoms with Gasteiger partial charge < -0.3 is 29.4 Å². The van der Waals surface area contributed by atoms with E-state index in [0.29, 0.717) is 15.1 Å². The topological polar surface area (TPSA) is 19.4 Å². The second kappa shape index (κ2) is 40.0. The predicted octanol–water partition coefficient (Wildman–Crippen LogP) is 41.6. The van der Waals surface area contributed by atoms with E-state index < -0.39 is 0 Å². The SMILES string of the molecule is CC1(C)c2ccc(N(c3cccc(Cl)c3)c3cc(-c4ccccc4)cc(N(c4ccccc4)c4ccccc4)c3)cc2-c2cccc(-c3ccccc3)c21.CC1(C)c2ccccc2-c2cc(N(c3cccc(Cl)c3)c3cccc(N(c4ccccc4)c4ccc5c6ccccc6c6ccccc6c5c4)c3)ccc21.CC1(C)c2ccccc2-c2cccc(N(c3cccc(Cl)c3)c3cccc(N(c4ccccc4)c4ccccc4)c3)c21. The van der Waals surface area contributed by atoms with Crippen molar-refractivity contribution in [1.82, 2.24) is 0 Å². The summed E-state index contributed by atoms with van der Waals surface area (Å²) in [5, 5.41) is 9.65. The van der Waals surface area contributed by atoms with Crippen LogP contribution in [-0.2, 0) is 16.2 Å². The van der Waals surface area contributed by atoms with E-state index in [1.54, 1.807) is 0 Å². The molecule has 0 fully saturated rings. The Labute approximate surface area is 893 Å². The van der Waals surface area contributed by atoms with E-state index in [-0.39, 0.29) is 16.2 Å². The minimum Gasteiger partial charge on any atom is -0.310 e. The fourth-order valence-corrected chi connectivity index (χ4v) is 23.9. The molecule has 0 heterocycles. The lowest BCUT2D eigenvalue weighted by Gasteiger charge is -2.33. The van der Waals surface area contributed by atoms with Crippen molar-refractivity contribution in [2.24, 2.45) is 0 Å². The van der Waals surface area contributed by atoms with Crippen molar-refractivity contribution in [2.75, 3.05) is 29.4 Å². The molecule has 3 aliphatic carbocycles. The molecular formula is C141H107Cl3N6. The number of fused-ring (bicyclic) bond motifs is 15. The molecule has 0 unspecified atom stereocenters. The van der Waals surface area contributed by atoms with Gasteiger partial charge in [-0.25, -0.2) is 0 Å². The van der Waals surface area contributed by atoms with Gasteiger partial charge in [-0.15, -0.1) is 0 Å². The molecule has 9 heteroatoms. The molecule has 0 saturated carbocycles. The summed E-state index contributed by atoms with van der Waals surface area (Å²) in [5.41, 5.74) is 39.3. The highest BCUT2D eigenvalue weighted by Crippen LogP contribution is 2.59. The third-order valence-corrected chi connectivity index (χ3v) is 30.8. The Bertz CT molecular complexity index is 8880. The van der Waals surface area contributed by atoms with Crippen molar-refractivity contribution < 1.29 is 0 Å². The Balaban J connectivity index is 0.000000121. The van der Waals surface area contributed by atoms with Crippen LogP contribution in [0.2, 0.25) is 15.1 Å². The van der Waals surface area contributed by atoms with Gasteiger partial charge in [0, 0.05) is 128 Å². The van der Waals surface area contributed by atoms with E-state index in [4.69, 9.17) is 34.8 Å². The van der Waals surface area contributed by atoms with Gasteiger partial charge in [-0.2, -0.15) is 0 Å². The molecule has 150 heavy (non-hydrogen) atoms. The lowest BCUT2D eigenvalue weighted by atomic mass is 9.79. The Kier molecular flexibility index (Phi) is 25.3. The van der Waals surface area contributed by atoms with E-state index in [0.717, 1.165) is 113 Å². The van der Waals surface area contributed by atoms with Gasteiger partial charge in [0.1, 0.15) is 0 Å². The van der Waals surface area contributed by atoms with Crippen molar-refractivity contribution in [3.63, 3.8) is 0 Å². The zero-order chi connectivity index (χ0) is 102. The van der Waals surface area contributed by atoms with Crippen LogP contribution in [0.3, 0.4) is 0 Å². The van der Waals surface area contributed by atoms with E-state index in [1.165, 1.54) is 110 Å². The van der Waals surface area contributed by atoms with Gasteiger partial charge >= 0.3 is 0 Å². The maximum atomic E-state index is 6.77. The van der Waals surface area contributed by atoms with Gasteiger partial charge in [-0.3, -0.25) is 0 Å². The first kappa shape index (κ1) is 94.8. The standard InChI is InChI=1S/C51H37ClN2.C51H39ClN2.C39H31ClN2/c1-51(2)49-25-11-10-24-46(49)48-33-40(27-29-50(48)51)54(36-17-12-14-34(52)30-36)38-19-13-18-37(31-38)53(35-15-4-3-5-16-35)39-26-28-45-43-22-7-6-20-41(43)42-21-8-9-23-44(42)47(45)32-39;1-51(2)49-30-29-43(35-48(49)47-28-16-27-46(50(47)51)37-19-9-4-10-20-37)54(42-26-15-21-39(52)33-42)45-32-38(36-17-7-3-8-18-36)31-44(34-45)53(40-22-11-5-12-23-40)41-24-13-6-14-25-41;1-39(2)36-24-10-9-22-34(36)35-23-13-25-37(38(35)39)42(31-19-11-14-28(40)26-31)33-21-12-20-32(27-33)41(29-15-5-3-6-16-29)30-17-7-4-8-18-30/h3-33H,1-2H3;3-35H,1-2H3;3-27H,1-2H3. The molecule has 23 aromatic rings. The first-order valence-corrected chi connectivity index (χ1v) is 52.5. The molecule has 0 saturated heterocycles. The third-order valence-electron chi connectivity index (χ3n) is 30.1. The van der Waals surface area contributed by atoms with Crippen molar-refractivity contribution in [3.05, 3.63) is 588 Å². The monoisotopic (exact) mass is 1990 g/mol. The number of nitrogens with zero attached hydrogens (tertiary/aromatic N) is 6. The molecular weight excluding hydrogens is 1880 g/mol. The molecule has 0 atom stereocenters. The lowest BCUT2D eigenvalue weighted by molar-refractivity contribution is 0.660. The quantitative estimate of drug-likeness (QED) is 0.0704. The summed E-state index contributed by atoms with van der Waals surface area (Å²) in [5.74, 6) is 0. The van der Waals surface area contributed by atoms with Crippen molar-refractivity contribution in [2.45, 2.75) is 57.8 Å². The largest absolute Gasteiger partial charge is 0.310 e. The summed E-state index contributed by atoms with van der Waals surface area (Å²) in [4.78, 5) is 14.0. The van der Waals surface area contributed by atoms with Crippen LogP contribution in [0.1, 0.15) is 74.9 Å². The summed E-state index contributed by atoms with van der Waals surface area (Å²) in [7, 11) is 0. The Hall–Kier alpha value is -17.5. The molecule has 0 aromatic heterocycles. The number of para-hydroxylation sites is 5. The third kappa shape index (κ3) is 17.7. The molecule has 0 N–H and O–H groups in total. The van der Waals surface area contributed by atoms with Crippen LogP contribution >= 0.6 is 34.8 Å². The van der Waals surface area contributed by atoms with Crippen LogP contribution in [0.5, 0.6) is 0 Å². The van der Waals surface area contributed by atoms with Gasteiger partial charge in [-0.1, -0.05) is 404 Å². The summed E-state index contributed by atoms with van der Waals surface area (Å²) >= 11 is 20.1. The zero-order valence-corrected chi connectivity index (χ0v) is 86.5. The maximum absolute atomic E-state index is 6.77.